The molecule has 0 amide bonds. The average Bonchev–Trinajstić information content (AvgIpc) is 2.92. The van der Waals surface area contributed by atoms with Gasteiger partial charge in [-0.25, -0.2) is 14.4 Å². The molecule has 0 saturated carbocycles. The Balaban J connectivity index is 2.01. The molecule has 0 aliphatic rings. The summed E-state index contributed by atoms with van der Waals surface area (Å²) >= 11 is 0. The van der Waals surface area contributed by atoms with Crippen LogP contribution < -0.4 is 5.32 Å². The van der Waals surface area contributed by atoms with Crippen LogP contribution in [0.2, 0.25) is 0 Å². The number of fused-ring (bicyclic) bond motifs is 1. The Morgan fingerprint density at radius 3 is 2.87 bits per heavy atom. The minimum absolute atomic E-state index is 0.00468. The van der Waals surface area contributed by atoms with Crippen molar-refractivity contribution in [2.75, 3.05) is 18.5 Å². The number of halogens is 1. The Labute approximate surface area is 131 Å². The molecule has 0 saturated heterocycles. The highest BCUT2D eigenvalue weighted by Crippen LogP contribution is 2.28. The number of carbonyl (C=O) groups is 1. The van der Waals surface area contributed by atoms with Crippen molar-refractivity contribution >= 4 is 17.6 Å². The van der Waals surface area contributed by atoms with Crippen LogP contribution in [0.1, 0.15) is 6.92 Å². The number of hydrogen-bond donors (Lipinski definition) is 1. The van der Waals surface area contributed by atoms with Gasteiger partial charge in [0.05, 0.1) is 6.61 Å². The van der Waals surface area contributed by atoms with Gasteiger partial charge in [-0.05, 0) is 37.3 Å². The summed E-state index contributed by atoms with van der Waals surface area (Å²) in [5, 5.41) is 3.03. The number of esters is 1. The lowest BCUT2D eigenvalue weighted by molar-refractivity contribution is -0.140. The predicted octanol–water partition coefficient (Wildman–Crippen LogP) is 2.51. The number of nitrogens with one attached hydrogen (secondary N) is 1. The molecule has 3 aromatic rings. The van der Waals surface area contributed by atoms with E-state index in [4.69, 9.17) is 4.74 Å². The lowest BCUT2D eigenvalue weighted by Crippen LogP contribution is -2.17. The van der Waals surface area contributed by atoms with Crippen LogP contribution in [-0.2, 0) is 9.53 Å². The Hall–Kier alpha value is -2.96. The van der Waals surface area contributed by atoms with Gasteiger partial charge < -0.3 is 10.1 Å². The van der Waals surface area contributed by atoms with Crippen LogP contribution in [0.5, 0.6) is 0 Å². The largest absolute Gasteiger partial charge is 0.465 e. The van der Waals surface area contributed by atoms with E-state index in [-0.39, 0.29) is 18.3 Å². The standard InChI is InChI=1S/C16H15FN4O2/c1-2-23-13(22)10-19-15-14(11-4-6-12(17)7-5-11)20-16-18-8-3-9-21(15)16/h3-9,19H,2,10H2,1H3. The minimum Gasteiger partial charge on any atom is -0.465 e. The summed E-state index contributed by atoms with van der Waals surface area (Å²) in [6.07, 6.45) is 3.42. The maximum absolute atomic E-state index is 13.1. The summed E-state index contributed by atoms with van der Waals surface area (Å²) in [7, 11) is 0. The number of rotatable bonds is 5. The zero-order valence-corrected chi connectivity index (χ0v) is 12.5. The zero-order valence-electron chi connectivity index (χ0n) is 12.5. The molecule has 2 aromatic heterocycles. The van der Waals surface area contributed by atoms with Crippen molar-refractivity contribution in [3.8, 4) is 11.3 Å². The highest BCUT2D eigenvalue weighted by molar-refractivity contribution is 5.80. The topological polar surface area (TPSA) is 68.5 Å². The minimum atomic E-state index is -0.364. The van der Waals surface area contributed by atoms with Gasteiger partial charge in [0.25, 0.3) is 0 Å². The molecule has 3 rings (SSSR count). The molecule has 2 heterocycles. The van der Waals surface area contributed by atoms with Crippen LogP contribution in [0.4, 0.5) is 10.2 Å². The van der Waals surface area contributed by atoms with E-state index >= 15 is 0 Å². The second kappa shape index (κ2) is 6.43. The highest BCUT2D eigenvalue weighted by Gasteiger charge is 2.15. The van der Waals surface area contributed by atoms with Gasteiger partial charge in [-0.15, -0.1) is 0 Å². The number of imidazole rings is 1. The average molecular weight is 314 g/mol. The smallest absolute Gasteiger partial charge is 0.325 e. The van der Waals surface area contributed by atoms with Gasteiger partial charge in [0.2, 0.25) is 5.78 Å². The van der Waals surface area contributed by atoms with Gasteiger partial charge in [0.15, 0.2) is 0 Å². The van der Waals surface area contributed by atoms with E-state index in [1.807, 2.05) is 0 Å². The molecular formula is C16H15FN4O2. The van der Waals surface area contributed by atoms with E-state index < -0.39 is 0 Å². The summed E-state index contributed by atoms with van der Waals surface area (Å²) in [4.78, 5) is 20.2. The summed E-state index contributed by atoms with van der Waals surface area (Å²) in [5.74, 6) is 0.402. The number of aromatic nitrogens is 3. The number of benzene rings is 1. The summed E-state index contributed by atoms with van der Waals surface area (Å²) in [6, 6.07) is 7.75. The van der Waals surface area contributed by atoms with E-state index in [0.717, 1.165) is 5.56 Å². The molecule has 7 heteroatoms. The van der Waals surface area contributed by atoms with Crippen LogP contribution in [0, 0.1) is 5.82 Å². The molecule has 0 atom stereocenters. The molecule has 23 heavy (non-hydrogen) atoms. The van der Waals surface area contributed by atoms with Gasteiger partial charge in [-0.2, -0.15) is 0 Å². The number of nitrogens with zero attached hydrogens (tertiary/aromatic N) is 3. The molecule has 1 N–H and O–H groups in total. The van der Waals surface area contributed by atoms with Crippen molar-refractivity contribution in [2.24, 2.45) is 0 Å². The summed E-state index contributed by atoms with van der Waals surface area (Å²) in [5.41, 5.74) is 1.32. The monoisotopic (exact) mass is 314 g/mol. The third kappa shape index (κ3) is 3.13. The molecule has 0 spiro atoms. The number of anilines is 1. The fourth-order valence-corrected chi connectivity index (χ4v) is 2.23. The van der Waals surface area contributed by atoms with Crippen molar-refractivity contribution in [1.29, 1.82) is 0 Å². The van der Waals surface area contributed by atoms with Crippen molar-refractivity contribution in [3.63, 3.8) is 0 Å². The predicted molar refractivity (Wildman–Crippen MR) is 83.5 cm³/mol. The Kier molecular flexibility index (Phi) is 4.18. The van der Waals surface area contributed by atoms with Crippen LogP contribution >= 0.6 is 0 Å². The number of carbonyl (C=O) groups excluding carboxylic acids is 1. The molecular weight excluding hydrogens is 299 g/mol. The van der Waals surface area contributed by atoms with E-state index in [9.17, 15) is 9.18 Å². The van der Waals surface area contributed by atoms with Crippen molar-refractivity contribution in [2.45, 2.75) is 6.92 Å². The molecule has 0 aliphatic carbocycles. The Morgan fingerprint density at radius 1 is 1.35 bits per heavy atom. The number of hydrogen-bond acceptors (Lipinski definition) is 5. The zero-order chi connectivity index (χ0) is 16.2. The SMILES string of the molecule is CCOC(=O)CNc1c(-c2ccc(F)cc2)nc2ncccn12. The van der Waals surface area contributed by atoms with Crippen molar-refractivity contribution in [3.05, 3.63) is 48.5 Å². The molecule has 0 unspecified atom stereocenters. The first kappa shape index (κ1) is 15.0. The van der Waals surface area contributed by atoms with E-state index in [0.29, 0.717) is 23.9 Å². The maximum Gasteiger partial charge on any atom is 0.325 e. The first-order valence-electron chi connectivity index (χ1n) is 7.17. The van der Waals surface area contributed by atoms with Crippen molar-refractivity contribution in [1.82, 2.24) is 14.4 Å². The molecule has 0 bridgehead atoms. The fraction of sp³-hybridized carbons (Fsp3) is 0.188. The molecule has 0 radical (unpaired) electrons. The molecule has 0 aliphatic heterocycles. The Bertz CT molecular complexity index is 830. The normalized spacial score (nSPS) is 10.7. The lowest BCUT2D eigenvalue weighted by atomic mass is 10.1. The first-order chi connectivity index (χ1) is 11.2. The number of ether oxygens (including phenoxy) is 1. The van der Waals surface area contributed by atoms with Gasteiger partial charge in [0, 0.05) is 18.0 Å². The molecule has 6 nitrogen and oxygen atoms in total. The molecule has 118 valence electrons. The third-order valence-electron chi connectivity index (χ3n) is 3.23. The highest BCUT2D eigenvalue weighted by atomic mass is 19.1. The molecule has 1 aromatic carbocycles. The summed E-state index contributed by atoms with van der Waals surface area (Å²) in [6.45, 7) is 2.07. The summed E-state index contributed by atoms with van der Waals surface area (Å²) < 4.78 is 19.8. The van der Waals surface area contributed by atoms with E-state index in [1.54, 1.807) is 41.9 Å². The van der Waals surface area contributed by atoms with Crippen molar-refractivity contribution < 1.29 is 13.9 Å². The van der Waals surface area contributed by atoms with E-state index in [2.05, 4.69) is 15.3 Å². The van der Waals surface area contributed by atoms with Crippen LogP contribution in [-0.4, -0.2) is 33.5 Å². The Morgan fingerprint density at radius 2 is 2.13 bits per heavy atom. The van der Waals surface area contributed by atoms with Crippen LogP contribution in [0.3, 0.4) is 0 Å². The maximum atomic E-state index is 13.1. The fourth-order valence-electron chi connectivity index (χ4n) is 2.23. The quantitative estimate of drug-likeness (QED) is 0.733. The van der Waals surface area contributed by atoms with Gasteiger partial charge in [-0.3, -0.25) is 9.20 Å². The van der Waals surface area contributed by atoms with Gasteiger partial charge in [-0.1, -0.05) is 0 Å². The van der Waals surface area contributed by atoms with E-state index in [1.165, 1.54) is 12.1 Å². The lowest BCUT2D eigenvalue weighted by Gasteiger charge is -2.08. The van der Waals surface area contributed by atoms with Crippen LogP contribution in [0.15, 0.2) is 42.7 Å². The second-order valence-electron chi connectivity index (χ2n) is 4.76. The molecule has 0 fully saturated rings. The van der Waals surface area contributed by atoms with Gasteiger partial charge >= 0.3 is 5.97 Å². The second-order valence-corrected chi connectivity index (χ2v) is 4.76. The first-order valence-corrected chi connectivity index (χ1v) is 7.17. The van der Waals surface area contributed by atoms with Gasteiger partial charge in [0.1, 0.15) is 23.9 Å². The third-order valence-corrected chi connectivity index (χ3v) is 3.23. The van der Waals surface area contributed by atoms with Crippen LogP contribution in [0.25, 0.3) is 17.0 Å².